The van der Waals surface area contributed by atoms with E-state index in [0.717, 1.165) is 95.2 Å². The van der Waals surface area contributed by atoms with Crippen LogP contribution in [0.5, 0.6) is 0 Å². The predicted molar refractivity (Wildman–Crippen MR) is 341 cm³/mol. The summed E-state index contributed by atoms with van der Waals surface area (Å²) in [5.74, 6) is 2.29. The summed E-state index contributed by atoms with van der Waals surface area (Å²) in [5.41, 5.74) is -0.337. The van der Waals surface area contributed by atoms with E-state index in [4.69, 9.17) is 9.47 Å². The van der Waals surface area contributed by atoms with Crippen LogP contribution in [-0.2, 0) is 33.4 Å². The molecule has 1 aliphatic rings. The van der Waals surface area contributed by atoms with Crippen molar-refractivity contribution in [2.24, 2.45) is 23.2 Å². The van der Waals surface area contributed by atoms with Gasteiger partial charge in [0.25, 0.3) is 6.47 Å². The van der Waals surface area contributed by atoms with Crippen LogP contribution in [0.4, 0.5) is 0 Å². The Morgan fingerprint density at radius 3 is 1.46 bits per heavy atom. The lowest BCUT2D eigenvalue weighted by molar-refractivity contribution is -0.154. The fourth-order valence-electron chi connectivity index (χ4n) is 10.1. The minimum atomic E-state index is -0.337. The van der Waals surface area contributed by atoms with E-state index in [0.29, 0.717) is 32.0 Å². The Labute approximate surface area is 493 Å². The lowest BCUT2D eigenvalue weighted by atomic mass is 9.87. The third kappa shape index (κ3) is 61.9. The minimum absolute atomic E-state index is 0.0121. The molecule has 0 aromatic rings. The van der Waals surface area contributed by atoms with E-state index in [2.05, 4.69) is 97.4 Å². The molecule has 78 heavy (non-hydrogen) atoms. The van der Waals surface area contributed by atoms with Gasteiger partial charge in [0.2, 0.25) is 0 Å². The highest BCUT2D eigenvalue weighted by Crippen LogP contribution is 2.27. The Balaban J connectivity index is -0.000000542. The summed E-state index contributed by atoms with van der Waals surface area (Å²) in [6.45, 7) is 29.8. The van der Waals surface area contributed by atoms with E-state index < -0.39 is 0 Å². The van der Waals surface area contributed by atoms with Crippen LogP contribution < -0.4 is 0 Å². The van der Waals surface area contributed by atoms with Gasteiger partial charge in [-0.3, -0.25) is 14.4 Å². The second-order valence-corrected chi connectivity index (χ2v) is 23.9. The van der Waals surface area contributed by atoms with Gasteiger partial charge in [-0.05, 0) is 135 Å². The highest BCUT2D eigenvalue weighted by atomic mass is 35.5. The molecule has 0 bridgehead atoms. The summed E-state index contributed by atoms with van der Waals surface area (Å²) >= 11 is 4.64. The van der Waals surface area contributed by atoms with Crippen LogP contribution in [0, 0.1) is 23.2 Å². The number of aldehydes is 1. The molecule has 0 spiro atoms. The largest absolute Gasteiger partial charge is 0.468 e. The molecule has 1 heterocycles. The van der Waals surface area contributed by atoms with Crippen LogP contribution >= 0.6 is 11.6 Å². The lowest BCUT2D eigenvalue weighted by Gasteiger charge is -2.23. The molecule has 8 nitrogen and oxygen atoms in total. The Kier molecular flexibility index (Phi) is 72.0. The number of carbonyl (C=O) groups excluding carboxylic acids is 4. The van der Waals surface area contributed by atoms with Crippen molar-refractivity contribution in [2.75, 3.05) is 39.2 Å². The SMILES string of the molecule is CCC(C)C(C)CCC=O.CCCCC.CCCCCC(CCCCC)CCCOC(=O)C(C)(C)CCCCCCN1CCCC1.CCCCCCCCC(CCCCCCCC)OC(=O)CCCCCCCOC=O.CCl. The zero-order valence-electron chi connectivity index (χ0n) is 54.6. The first-order chi connectivity index (χ1) is 37.9. The number of esters is 2. The van der Waals surface area contributed by atoms with Crippen molar-refractivity contribution in [3.8, 4) is 0 Å². The Morgan fingerprint density at radius 2 is 0.962 bits per heavy atom. The van der Waals surface area contributed by atoms with Gasteiger partial charge in [0, 0.05) is 19.2 Å². The van der Waals surface area contributed by atoms with Gasteiger partial charge in [-0.25, -0.2) is 0 Å². The van der Waals surface area contributed by atoms with Crippen LogP contribution in [0.3, 0.4) is 0 Å². The first-order valence-corrected chi connectivity index (χ1v) is 34.6. The second-order valence-electron chi connectivity index (χ2n) is 23.9. The van der Waals surface area contributed by atoms with Crippen LogP contribution in [0.1, 0.15) is 352 Å². The van der Waals surface area contributed by atoms with E-state index >= 15 is 0 Å². The van der Waals surface area contributed by atoms with Crippen molar-refractivity contribution >= 4 is 36.3 Å². The number of unbranched alkanes of at least 4 members (excludes halogenated alkanes) is 23. The van der Waals surface area contributed by atoms with Crippen molar-refractivity contribution in [3.05, 3.63) is 0 Å². The van der Waals surface area contributed by atoms with Crippen LogP contribution in [0.2, 0.25) is 0 Å². The van der Waals surface area contributed by atoms with Crippen molar-refractivity contribution in [1.29, 1.82) is 0 Å². The molecule has 2 atom stereocenters. The highest BCUT2D eigenvalue weighted by molar-refractivity contribution is 6.15. The summed E-state index contributed by atoms with van der Waals surface area (Å²) < 4.78 is 16.3. The number of nitrogens with zero attached hydrogens (tertiary/aromatic N) is 1. The fourth-order valence-corrected chi connectivity index (χ4v) is 10.1. The van der Waals surface area contributed by atoms with Crippen LogP contribution in [0.25, 0.3) is 0 Å². The lowest BCUT2D eigenvalue weighted by Crippen LogP contribution is -2.27. The average Bonchev–Trinajstić information content (AvgIpc) is 3.97. The quantitative estimate of drug-likeness (QED) is 0.0195. The maximum atomic E-state index is 12.6. The van der Waals surface area contributed by atoms with E-state index in [-0.39, 0.29) is 23.5 Å². The standard InChI is InChI=1S/C28H55NO2.C26H50O4.C9H18O.C5H12.CH3Cl/c1-5-7-11-18-26(19-12-8-6-2)20-17-25-31-27(30)28(3,4)21-13-9-10-14-22-29-23-15-16-24-29;1-3-5-7-9-12-16-20-25(21-17-13-10-8-6-4-2)30-26(28)22-18-14-11-15-19-23-29-24-27;1-4-8(2)9(3)6-5-7-10;1-3-5-4-2;1-2/h26H,5-25H2,1-4H3;24-25H,3-23H2,1-2H3;7-9H,4-6H2,1-3H3;3-5H2,1-2H3;1H3. The minimum Gasteiger partial charge on any atom is -0.468 e. The zero-order chi connectivity index (χ0) is 59.0. The number of halogens is 1. The van der Waals surface area contributed by atoms with Crippen molar-refractivity contribution in [1.82, 2.24) is 4.90 Å². The monoisotopic (exact) mass is 1130 g/mol. The van der Waals surface area contributed by atoms with Gasteiger partial charge >= 0.3 is 11.9 Å². The van der Waals surface area contributed by atoms with Gasteiger partial charge < -0.3 is 23.9 Å². The van der Waals surface area contributed by atoms with Crippen LogP contribution in [0.15, 0.2) is 0 Å². The molecule has 1 rings (SSSR count). The predicted octanol–water partition coefficient (Wildman–Crippen LogP) is 21.8. The summed E-state index contributed by atoms with van der Waals surface area (Å²) in [6, 6.07) is 0. The molecule has 9 heteroatoms. The molecule has 0 N–H and O–H groups in total. The molecule has 1 saturated heterocycles. The summed E-state index contributed by atoms with van der Waals surface area (Å²) in [7, 11) is 0. The fraction of sp³-hybridized carbons (Fsp3) is 0.942. The van der Waals surface area contributed by atoms with Crippen molar-refractivity contribution < 1.29 is 33.4 Å². The number of likely N-dealkylation sites (tertiary alicyclic amines) is 1. The second kappa shape index (κ2) is 67.8. The molecule has 1 fully saturated rings. The Bertz CT molecular complexity index is 1170. The highest BCUT2D eigenvalue weighted by Gasteiger charge is 2.28. The smallest absolute Gasteiger partial charge is 0.311 e. The topological polar surface area (TPSA) is 99.2 Å². The van der Waals surface area contributed by atoms with Gasteiger partial charge in [-0.15, -0.1) is 11.6 Å². The van der Waals surface area contributed by atoms with Crippen LogP contribution in [-0.4, -0.2) is 74.9 Å². The first-order valence-electron chi connectivity index (χ1n) is 33.8. The number of hydrogen-bond acceptors (Lipinski definition) is 8. The summed E-state index contributed by atoms with van der Waals surface area (Å²) in [4.78, 5) is 47.6. The molecule has 0 aromatic heterocycles. The molecular weight excluding hydrogens is 990 g/mol. The van der Waals surface area contributed by atoms with Crippen molar-refractivity contribution in [3.63, 3.8) is 0 Å². The number of rotatable bonds is 51. The van der Waals surface area contributed by atoms with Gasteiger partial charge in [0.15, 0.2) is 0 Å². The molecule has 0 saturated carbocycles. The number of carbonyl (C=O) groups is 4. The molecule has 1 aliphatic heterocycles. The third-order valence-electron chi connectivity index (χ3n) is 16.0. The first kappa shape index (κ1) is 82.8. The molecule has 0 radical (unpaired) electrons. The van der Waals surface area contributed by atoms with Gasteiger partial charge in [-0.1, -0.05) is 242 Å². The molecular formula is C69H138ClNO7. The number of alkyl halides is 1. The van der Waals surface area contributed by atoms with E-state index in [1.807, 2.05) is 0 Å². The number of ether oxygens (including phenoxy) is 3. The third-order valence-corrected chi connectivity index (χ3v) is 16.0. The average molecular weight is 1130 g/mol. The molecule has 0 amide bonds. The number of hydrogen-bond donors (Lipinski definition) is 0. The normalized spacial score (nSPS) is 13.0. The molecule has 2 unspecified atom stereocenters. The van der Waals surface area contributed by atoms with Gasteiger partial charge in [-0.2, -0.15) is 0 Å². The van der Waals surface area contributed by atoms with Crippen molar-refractivity contribution in [2.45, 2.75) is 358 Å². The Morgan fingerprint density at radius 1 is 0.513 bits per heavy atom. The maximum absolute atomic E-state index is 12.6. The summed E-state index contributed by atoms with van der Waals surface area (Å²) in [6.07, 6.45) is 54.3. The van der Waals surface area contributed by atoms with E-state index in [1.54, 1.807) is 0 Å². The zero-order valence-corrected chi connectivity index (χ0v) is 55.3. The molecule has 468 valence electrons. The van der Waals surface area contributed by atoms with Gasteiger partial charge in [0.1, 0.15) is 12.4 Å². The molecule has 0 aromatic carbocycles. The maximum Gasteiger partial charge on any atom is 0.311 e. The summed E-state index contributed by atoms with van der Waals surface area (Å²) in [5, 5.41) is 0. The Hall–Kier alpha value is -1.67. The molecule has 0 aliphatic carbocycles. The van der Waals surface area contributed by atoms with E-state index in [9.17, 15) is 19.2 Å². The van der Waals surface area contributed by atoms with E-state index in [1.165, 1.54) is 219 Å². The van der Waals surface area contributed by atoms with Gasteiger partial charge in [0.05, 0.1) is 18.6 Å².